The molecule has 0 spiro atoms. The van der Waals surface area contributed by atoms with E-state index in [1.165, 1.54) is 12.1 Å². The predicted molar refractivity (Wildman–Crippen MR) is 74.7 cm³/mol. The third-order valence-corrected chi connectivity index (χ3v) is 3.27. The van der Waals surface area contributed by atoms with Crippen molar-refractivity contribution in [2.75, 3.05) is 17.7 Å². The second kappa shape index (κ2) is 6.38. The second-order valence-corrected chi connectivity index (χ2v) is 4.83. The van der Waals surface area contributed by atoms with Gasteiger partial charge in [0.15, 0.2) is 0 Å². The summed E-state index contributed by atoms with van der Waals surface area (Å²) in [6.45, 7) is 0.757. The Bertz CT molecular complexity index is 510. The fourth-order valence-corrected chi connectivity index (χ4v) is 2.22. The first-order valence-corrected chi connectivity index (χ1v) is 6.60. The monoisotopic (exact) mass is 278 g/mol. The van der Waals surface area contributed by atoms with E-state index in [9.17, 15) is 9.59 Å². The number of hydrogen-bond acceptors (Lipinski definition) is 4. The van der Waals surface area contributed by atoms with Gasteiger partial charge in [0.25, 0.3) is 0 Å². The van der Waals surface area contributed by atoms with Gasteiger partial charge in [0.05, 0.1) is 17.4 Å². The predicted octanol–water partition coefficient (Wildman–Crippen LogP) is 1.86. The summed E-state index contributed by atoms with van der Waals surface area (Å²) in [6, 6.07) is 4.39. The number of rotatable bonds is 5. The summed E-state index contributed by atoms with van der Waals surface area (Å²) in [7, 11) is 0. The Morgan fingerprint density at radius 3 is 2.90 bits per heavy atom. The highest BCUT2D eigenvalue weighted by molar-refractivity contribution is 6.01. The quantitative estimate of drug-likeness (QED) is 0.714. The molecule has 0 bridgehead atoms. The number of amides is 1. The van der Waals surface area contributed by atoms with Crippen LogP contribution >= 0.6 is 0 Å². The third-order valence-electron chi connectivity index (χ3n) is 3.27. The molecule has 1 unspecified atom stereocenters. The lowest BCUT2D eigenvalue weighted by Gasteiger charge is -2.11. The zero-order valence-corrected chi connectivity index (χ0v) is 11.1. The molecule has 0 radical (unpaired) electrons. The van der Waals surface area contributed by atoms with Crippen LogP contribution in [0.3, 0.4) is 0 Å². The van der Waals surface area contributed by atoms with Gasteiger partial charge in [-0.2, -0.15) is 0 Å². The molecule has 6 heteroatoms. The van der Waals surface area contributed by atoms with Crippen LogP contribution in [-0.4, -0.2) is 29.7 Å². The summed E-state index contributed by atoms with van der Waals surface area (Å²) in [5, 5.41) is 11.7. The van der Waals surface area contributed by atoms with Crippen LogP contribution in [0.25, 0.3) is 0 Å². The van der Waals surface area contributed by atoms with E-state index in [2.05, 4.69) is 5.32 Å². The van der Waals surface area contributed by atoms with Crippen LogP contribution in [0.5, 0.6) is 0 Å². The Balaban J connectivity index is 1.94. The molecule has 0 aromatic heterocycles. The summed E-state index contributed by atoms with van der Waals surface area (Å²) in [5.74, 6) is -1.33. The largest absolute Gasteiger partial charge is 0.478 e. The minimum atomic E-state index is -1.12. The number of carboxylic acid groups (broad SMARTS) is 1. The number of benzene rings is 1. The Morgan fingerprint density at radius 1 is 1.45 bits per heavy atom. The van der Waals surface area contributed by atoms with Gasteiger partial charge in [0, 0.05) is 18.7 Å². The lowest BCUT2D eigenvalue weighted by molar-refractivity contribution is -0.116. The maximum Gasteiger partial charge on any atom is 0.337 e. The van der Waals surface area contributed by atoms with Crippen molar-refractivity contribution >= 4 is 23.3 Å². The molecule has 0 aliphatic carbocycles. The fraction of sp³-hybridized carbons (Fsp3) is 0.429. The Morgan fingerprint density at radius 2 is 2.25 bits per heavy atom. The average Bonchev–Trinajstić information content (AvgIpc) is 2.91. The zero-order chi connectivity index (χ0) is 14.5. The van der Waals surface area contributed by atoms with Gasteiger partial charge in [0.2, 0.25) is 5.91 Å². The van der Waals surface area contributed by atoms with Gasteiger partial charge in [-0.05, 0) is 37.5 Å². The van der Waals surface area contributed by atoms with Crippen molar-refractivity contribution in [2.24, 2.45) is 0 Å². The van der Waals surface area contributed by atoms with E-state index in [-0.39, 0.29) is 23.3 Å². The van der Waals surface area contributed by atoms with E-state index in [1.807, 2.05) is 0 Å². The molecular weight excluding hydrogens is 260 g/mol. The summed E-state index contributed by atoms with van der Waals surface area (Å²) in [4.78, 5) is 22.9. The van der Waals surface area contributed by atoms with Crippen molar-refractivity contribution in [1.29, 1.82) is 0 Å². The lowest BCUT2D eigenvalue weighted by Crippen LogP contribution is -2.17. The molecule has 1 atom stereocenters. The molecule has 20 heavy (non-hydrogen) atoms. The lowest BCUT2D eigenvalue weighted by atomic mass is 10.1. The molecular formula is C14H18N2O4. The molecule has 1 amide bonds. The maximum atomic E-state index is 11.8. The number of carbonyl (C=O) groups excluding carboxylic acids is 1. The van der Waals surface area contributed by atoms with Crippen LogP contribution in [0, 0.1) is 0 Å². The van der Waals surface area contributed by atoms with Gasteiger partial charge in [-0.25, -0.2) is 4.79 Å². The van der Waals surface area contributed by atoms with Crippen molar-refractivity contribution < 1.29 is 19.4 Å². The minimum absolute atomic E-state index is 0.00420. The van der Waals surface area contributed by atoms with E-state index in [4.69, 9.17) is 15.6 Å². The van der Waals surface area contributed by atoms with Crippen molar-refractivity contribution in [3.05, 3.63) is 23.8 Å². The van der Waals surface area contributed by atoms with Crippen LogP contribution < -0.4 is 11.1 Å². The molecule has 108 valence electrons. The molecule has 1 fully saturated rings. The SMILES string of the molecule is Nc1ccc(NC(=O)CCC2CCCO2)c(C(=O)O)c1. The molecule has 1 aromatic carbocycles. The van der Waals surface area contributed by atoms with Crippen LogP contribution in [0.15, 0.2) is 18.2 Å². The molecule has 0 saturated carbocycles. The Labute approximate surface area is 116 Å². The highest BCUT2D eigenvalue weighted by atomic mass is 16.5. The van der Waals surface area contributed by atoms with Crippen LogP contribution in [0.2, 0.25) is 0 Å². The molecule has 4 N–H and O–H groups in total. The van der Waals surface area contributed by atoms with Crippen molar-refractivity contribution in [2.45, 2.75) is 31.8 Å². The molecule has 6 nitrogen and oxygen atoms in total. The first-order valence-electron chi connectivity index (χ1n) is 6.60. The van der Waals surface area contributed by atoms with Crippen molar-refractivity contribution in [3.8, 4) is 0 Å². The summed E-state index contributed by atoms with van der Waals surface area (Å²) >= 11 is 0. The fourth-order valence-electron chi connectivity index (χ4n) is 2.22. The molecule has 1 aromatic rings. The minimum Gasteiger partial charge on any atom is -0.478 e. The maximum absolute atomic E-state index is 11.8. The third kappa shape index (κ3) is 3.71. The molecule has 1 saturated heterocycles. The van der Waals surface area contributed by atoms with E-state index in [0.717, 1.165) is 19.4 Å². The van der Waals surface area contributed by atoms with Gasteiger partial charge in [-0.1, -0.05) is 0 Å². The molecule has 1 aliphatic heterocycles. The standard InChI is InChI=1S/C14H18N2O4/c15-9-3-5-12(11(8-9)14(18)19)16-13(17)6-4-10-2-1-7-20-10/h3,5,8,10H,1-2,4,6-7,15H2,(H,16,17)(H,18,19). The number of nitrogens with one attached hydrogen (secondary N) is 1. The summed E-state index contributed by atoms with van der Waals surface area (Å²) in [5.41, 5.74) is 6.16. The number of carboxylic acids is 1. The van der Waals surface area contributed by atoms with Gasteiger partial charge in [-0.15, -0.1) is 0 Å². The summed E-state index contributed by atoms with van der Waals surface area (Å²) in [6.07, 6.45) is 3.13. The van der Waals surface area contributed by atoms with E-state index < -0.39 is 5.97 Å². The number of hydrogen-bond donors (Lipinski definition) is 3. The number of anilines is 2. The van der Waals surface area contributed by atoms with E-state index in [0.29, 0.717) is 18.5 Å². The number of nitrogens with two attached hydrogens (primary N) is 1. The molecule has 1 heterocycles. The van der Waals surface area contributed by atoms with Gasteiger partial charge in [0.1, 0.15) is 0 Å². The number of nitrogen functional groups attached to an aromatic ring is 1. The molecule has 1 aliphatic rings. The van der Waals surface area contributed by atoms with E-state index in [1.54, 1.807) is 6.07 Å². The highest BCUT2D eigenvalue weighted by Crippen LogP contribution is 2.21. The van der Waals surface area contributed by atoms with Crippen LogP contribution in [0.1, 0.15) is 36.0 Å². The second-order valence-electron chi connectivity index (χ2n) is 4.83. The Kier molecular flexibility index (Phi) is 4.57. The highest BCUT2D eigenvalue weighted by Gasteiger charge is 2.18. The topological polar surface area (TPSA) is 102 Å². The van der Waals surface area contributed by atoms with Gasteiger partial charge >= 0.3 is 5.97 Å². The molecule has 2 rings (SSSR count). The average molecular weight is 278 g/mol. The smallest absolute Gasteiger partial charge is 0.337 e. The Hall–Kier alpha value is -2.08. The number of aromatic carboxylic acids is 1. The first kappa shape index (κ1) is 14.3. The zero-order valence-electron chi connectivity index (χ0n) is 11.1. The summed E-state index contributed by atoms with van der Waals surface area (Å²) < 4.78 is 5.44. The van der Waals surface area contributed by atoms with Crippen LogP contribution in [-0.2, 0) is 9.53 Å². The van der Waals surface area contributed by atoms with Gasteiger partial charge < -0.3 is 20.9 Å². The number of carbonyl (C=O) groups is 2. The number of ether oxygens (including phenoxy) is 1. The normalized spacial score (nSPS) is 17.9. The van der Waals surface area contributed by atoms with Crippen molar-refractivity contribution in [3.63, 3.8) is 0 Å². The first-order chi connectivity index (χ1) is 9.56. The van der Waals surface area contributed by atoms with Crippen molar-refractivity contribution in [1.82, 2.24) is 0 Å². The van der Waals surface area contributed by atoms with Crippen LogP contribution in [0.4, 0.5) is 11.4 Å². The van der Waals surface area contributed by atoms with Gasteiger partial charge in [-0.3, -0.25) is 4.79 Å². The van der Waals surface area contributed by atoms with E-state index >= 15 is 0 Å².